The number of hydrogen-bond acceptors (Lipinski definition) is 5. The number of nitrogens with one attached hydrogen (secondary N) is 1. The fraction of sp³-hybridized carbons (Fsp3) is 0.500. The molecular weight excluding hydrogens is 282 g/mol. The number of phenols is 1. The Labute approximate surface area is 131 Å². The van der Waals surface area contributed by atoms with Gasteiger partial charge in [-0.25, -0.2) is 0 Å². The van der Waals surface area contributed by atoms with Crippen molar-refractivity contribution < 1.29 is 14.7 Å². The monoisotopic (exact) mass is 307 g/mol. The number of nitrogens with zero attached hydrogens (tertiary/aromatic N) is 2. The predicted molar refractivity (Wildman–Crippen MR) is 85.9 cm³/mol. The quantitative estimate of drug-likeness (QED) is 0.773. The van der Waals surface area contributed by atoms with Crippen LogP contribution in [0.2, 0.25) is 0 Å². The summed E-state index contributed by atoms with van der Waals surface area (Å²) in [5, 5.41) is 11.7. The number of carbonyl (C=O) groups excluding carboxylic acids is 2. The van der Waals surface area contributed by atoms with E-state index in [9.17, 15) is 9.59 Å². The van der Waals surface area contributed by atoms with Crippen molar-refractivity contribution in [1.82, 2.24) is 15.1 Å². The Kier molecular flexibility index (Phi) is 8.17. The van der Waals surface area contributed by atoms with E-state index in [0.29, 0.717) is 13.0 Å². The van der Waals surface area contributed by atoms with Crippen molar-refractivity contribution in [3.63, 3.8) is 0 Å². The van der Waals surface area contributed by atoms with Gasteiger partial charge in [0.1, 0.15) is 12.0 Å². The van der Waals surface area contributed by atoms with Gasteiger partial charge in [-0.15, -0.1) is 0 Å². The third-order valence-electron chi connectivity index (χ3n) is 3.44. The zero-order chi connectivity index (χ0) is 16.4. The normalized spacial score (nSPS) is 14.9. The summed E-state index contributed by atoms with van der Waals surface area (Å²) >= 11 is 0. The summed E-state index contributed by atoms with van der Waals surface area (Å²) in [7, 11) is 3.88. The van der Waals surface area contributed by atoms with Crippen molar-refractivity contribution in [3.05, 3.63) is 29.8 Å². The maximum absolute atomic E-state index is 11.3. The Balaban J connectivity index is 0.000000224. The van der Waals surface area contributed by atoms with Crippen LogP contribution in [0.15, 0.2) is 24.3 Å². The average Bonchev–Trinajstić information content (AvgIpc) is 2.51. The third kappa shape index (κ3) is 6.69. The number of piperazine rings is 1. The van der Waals surface area contributed by atoms with Gasteiger partial charge in [0, 0.05) is 32.6 Å². The van der Waals surface area contributed by atoms with Gasteiger partial charge >= 0.3 is 0 Å². The molecule has 1 aliphatic rings. The van der Waals surface area contributed by atoms with Gasteiger partial charge in [-0.2, -0.15) is 0 Å². The molecule has 1 saturated heterocycles. The van der Waals surface area contributed by atoms with Crippen LogP contribution in [0.25, 0.3) is 0 Å². The second-order valence-electron chi connectivity index (χ2n) is 5.25. The van der Waals surface area contributed by atoms with Gasteiger partial charge in [-0.05, 0) is 31.8 Å². The highest BCUT2D eigenvalue weighted by Crippen LogP contribution is 2.08. The maximum atomic E-state index is 11.3. The average molecular weight is 307 g/mol. The molecule has 0 spiro atoms. The Bertz CT molecular complexity index is 454. The lowest BCUT2D eigenvalue weighted by atomic mass is 10.2. The number of hydrogen-bond donors (Lipinski definition) is 2. The Morgan fingerprint density at radius 1 is 1.23 bits per heavy atom. The van der Waals surface area contributed by atoms with Crippen molar-refractivity contribution in [3.8, 4) is 5.75 Å². The van der Waals surface area contributed by atoms with E-state index < -0.39 is 0 Å². The van der Waals surface area contributed by atoms with E-state index in [1.54, 1.807) is 31.3 Å². The standard InChI is InChI=1S/C8H17N3O.C8H8O2/c1-9-7-8(12)11-5-3-10(2)4-6-11;9-6-5-7-1-3-8(10)4-2-7/h9H,3-7H2,1-2H3;1-4,6,10H,5H2. The third-order valence-corrected chi connectivity index (χ3v) is 3.44. The molecule has 1 fully saturated rings. The highest BCUT2D eigenvalue weighted by Gasteiger charge is 2.17. The lowest BCUT2D eigenvalue weighted by molar-refractivity contribution is -0.131. The Morgan fingerprint density at radius 3 is 2.32 bits per heavy atom. The highest BCUT2D eigenvalue weighted by molar-refractivity contribution is 5.78. The minimum Gasteiger partial charge on any atom is -0.508 e. The first-order valence-electron chi connectivity index (χ1n) is 7.39. The SMILES string of the molecule is CNCC(=O)N1CCN(C)CC1.O=CCc1ccc(O)cc1. The number of likely N-dealkylation sites (N-methyl/N-ethyl adjacent to an activating group) is 2. The number of amides is 1. The van der Waals surface area contributed by atoms with Gasteiger partial charge in [0.2, 0.25) is 5.91 Å². The lowest BCUT2D eigenvalue weighted by Gasteiger charge is -2.32. The largest absolute Gasteiger partial charge is 0.508 e. The molecule has 0 saturated carbocycles. The van der Waals surface area contributed by atoms with E-state index in [2.05, 4.69) is 17.3 Å². The molecular formula is C16H25N3O3. The van der Waals surface area contributed by atoms with E-state index in [0.717, 1.165) is 38.0 Å². The molecule has 1 aromatic carbocycles. The summed E-state index contributed by atoms with van der Waals surface area (Å²) in [5.74, 6) is 0.445. The smallest absolute Gasteiger partial charge is 0.236 e. The number of aldehydes is 1. The van der Waals surface area contributed by atoms with Crippen molar-refractivity contribution in [2.75, 3.05) is 46.8 Å². The second kappa shape index (κ2) is 9.92. The lowest BCUT2D eigenvalue weighted by Crippen LogP contribution is -2.49. The fourth-order valence-corrected chi connectivity index (χ4v) is 2.05. The molecule has 6 nitrogen and oxygen atoms in total. The first-order valence-corrected chi connectivity index (χ1v) is 7.39. The van der Waals surface area contributed by atoms with E-state index in [4.69, 9.17) is 5.11 Å². The summed E-state index contributed by atoms with van der Waals surface area (Å²) in [6, 6.07) is 6.59. The Morgan fingerprint density at radius 2 is 1.82 bits per heavy atom. The number of phenolic OH excluding ortho intramolecular Hbond substituents is 1. The minimum absolute atomic E-state index is 0.214. The van der Waals surface area contributed by atoms with Gasteiger partial charge in [-0.1, -0.05) is 12.1 Å². The maximum Gasteiger partial charge on any atom is 0.236 e. The molecule has 1 aliphatic heterocycles. The summed E-state index contributed by atoms with van der Waals surface area (Å²) < 4.78 is 0. The molecule has 0 bridgehead atoms. The number of benzene rings is 1. The molecule has 1 aromatic rings. The van der Waals surface area contributed by atoms with Crippen molar-refractivity contribution in [2.45, 2.75) is 6.42 Å². The van der Waals surface area contributed by atoms with Crippen LogP contribution in [0.3, 0.4) is 0 Å². The zero-order valence-electron chi connectivity index (χ0n) is 13.3. The van der Waals surface area contributed by atoms with Crippen molar-refractivity contribution in [1.29, 1.82) is 0 Å². The van der Waals surface area contributed by atoms with Gasteiger partial charge in [0.05, 0.1) is 6.54 Å². The van der Waals surface area contributed by atoms with Crippen LogP contribution in [0.4, 0.5) is 0 Å². The second-order valence-corrected chi connectivity index (χ2v) is 5.25. The molecule has 2 rings (SSSR count). The first kappa shape index (κ1) is 18.1. The number of rotatable bonds is 4. The topological polar surface area (TPSA) is 72.9 Å². The fourth-order valence-electron chi connectivity index (χ4n) is 2.05. The highest BCUT2D eigenvalue weighted by atomic mass is 16.3. The van der Waals surface area contributed by atoms with Crippen molar-refractivity contribution >= 4 is 12.2 Å². The van der Waals surface area contributed by atoms with E-state index in [1.807, 2.05) is 4.90 Å². The molecule has 0 atom stereocenters. The van der Waals surface area contributed by atoms with Gasteiger partial charge in [0.25, 0.3) is 0 Å². The Hall–Kier alpha value is -1.92. The zero-order valence-corrected chi connectivity index (χ0v) is 13.3. The molecule has 2 N–H and O–H groups in total. The summed E-state index contributed by atoms with van der Waals surface area (Å²) in [4.78, 5) is 25.5. The number of carbonyl (C=O) groups is 2. The van der Waals surface area contributed by atoms with Crippen LogP contribution in [-0.4, -0.2) is 73.9 Å². The van der Waals surface area contributed by atoms with Gasteiger partial charge in [-0.3, -0.25) is 4.79 Å². The molecule has 122 valence electrons. The van der Waals surface area contributed by atoms with Crippen LogP contribution in [0, 0.1) is 0 Å². The number of aromatic hydroxyl groups is 1. The molecule has 0 radical (unpaired) electrons. The van der Waals surface area contributed by atoms with Crippen LogP contribution in [0.5, 0.6) is 5.75 Å². The molecule has 1 amide bonds. The van der Waals surface area contributed by atoms with Crippen LogP contribution in [0.1, 0.15) is 5.56 Å². The van der Waals surface area contributed by atoms with E-state index in [-0.39, 0.29) is 11.7 Å². The molecule has 1 heterocycles. The minimum atomic E-state index is 0.214. The summed E-state index contributed by atoms with van der Waals surface area (Å²) in [6.45, 7) is 4.20. The van der Waals surface area contributed by atoms with Gasteiger partial charge < -0.3 is 25.0 Å². The summed E-state index contributed by atoms with van der Waals surface area (Å²) in [5.41, 5.74) is 0.924. The van der Waals surface area contributed by atoms with Crippen LogP contribution < -0.4 is 5.32 Å². The predicted octanol–water partition coefficient (Wildman–Crippen LogP) is 0.113. The first-order chi connectivity index (χ1) is 10.6. The van der Waals surface area contributed by atoms with Crippen LogP contribution in [-0.2, 0) is 16.0 Å². The summed E-state index contributed by atoms with van der Waals surface area (Å²) in [6.07, 6.45) is 1.26. The molecule has 0 aromatic heterocycles. The van der Waals surface area contributed by atoms with Gasteiger partial charge in [0.15, 0.2) is 0 Å². The van der Waals surface area contributed by atoms with Crippen LogP contribution >= 0.6 is 0 Å². The molecule has 6 heteroatoms. The van der Waals surface area contributed by atoms with E-state index >= 15 is 0 Å². The molecule has 22 heavy (non-hydrogen) atoms. The van der Waals surface area contributed by atoms with E-state index in [1.165, 1.54) is 0 Å². The molecule has 0 aliphatic carbocycles. The van der Waals surface area contributed by atoms with Crippen molar-refractivity contribution in [2.24, 2.45) is 0 Å². The molecule has 0 unspecified atom stereocenters.